The zero-order valence-corrected chi connectivity index (χ0v) is 14.5. The number of benzene rings is 1. The molecule has 1 aromatic carbocycles. The van der Waals surface area contributed by atoms with Crippen molar-refractivity contribution in [3.05, 3.63) is 52.8 Å². The minimum absolute atomic E-state index is 0.170. The number of hydrogen-bond donors (Lipinski definition) is 1. The van der Waals surface area contributed by atoms with Gasteiger partial charge in [-0.25, -0.2) is 9.78 Å². The summed E-state index contributed by atoms with van der Waals surface area (Å²) in [5.41, 5.74) is 0.963. The van der Waals surface area contributed by atoms with E-state index in [1.165, 1.54) is 32.5 Å². The number of esters is 1. The number of para-hydroxylation sites is 1. The number of carbonyl (C=O) groups is 2. The summed E-state index contributed by atoms with van der Waals surface area (Å²) in [6, 6.07) is 8.16. The Morgan fingerprint density at radius 1 is 1.20 bits per heavy atom. The van der Waals surface area contributed by atoms with Crippen molar-refractivity contribution in [3.8, 4) is 11.5 Å². The van der Waals surface area contributed by atoms with E-state index in [4.69, 9.17) is 25.8 Å². The quantitative estimate of drug-likeness (QED) is 0.599. The molecule has 0 saturated carbocycles. The van der Waals surface area contributed by atoms with Gasteiger partial charge >= 0.3 is 5.97 Å². The number of methoxy groups -OCH3 is 2. The zero-order chi connectivity index (χ0) is 18.2. The number of hydrogen-bond acceptors (Lipinski definition) is 6. The lowest BCUT2D eigenvalue weighted by Crippen LogP contribution is -2.28. The van der Waals surface area contributed by atoms with Crippen molar-refractivity contribution in [2.75, 3.05) is 20.8 Å². The van der Waals surface area contributed by atoms with Crippen LogP contribution in [-0.2, 0) is 16.1 Å². The summed E-state index contributed by atoms with van der Waals surface area (Å²) in [4.78, 5) is 27.5. The molecule has 2 aromatic rings. The fourth-order valence-corrected chi connectivity index (χ4v) is 2.26. The molecule has 0 spiro atoms. The molecule has 1 amide bonds. The van der Waals surface area contributed by atoms with Gasteiger partial charge in [0, 0.05) is 18.3 Å². The second-order valence-electron chi connectivity index (χ2n) is 4.87. The van der Waals surface area contributed by atoms with Gasteiger partial charge in [-0.15, -0.1) is 0 Å². The second-order valence-corrected chi connectivity index (χ2v) is 5.26. The molecule has 0 aliphatic carbocycles. The SMILES string of the molecule is COc1cccc(CNC(=O)COC(=O)c2ccnc(Cl)c2)c1OC. The number of amides is 1. The molecule has 7 nitrogen and oxygen atoms in total. The van der Waals surface area contributed by atoms with Crippen molar-refractivity contribution in [1.82, 2.24) is 10.3 Å². The van der Waals surface area contributed by atoms with Crippen LogP contribution in [0.25, 0.3) is 0 Å². The van der Waals surface area contributed by atoms with Gasteiger partial charge in [-0.05, 0) is 18.2 Å². The molecule has 0 unspecified atom stereocenters. The van der Waals surface area contributed by atoms with Gasteiger partial charge in [0.2, 0.25) is 0 Å². The average Bonchev–Trinajstić information content (AvgIpc) is 2.63. The molecule has 1 heterocycles. The van der Waals surface area contributed by atoms with Crippen molar-refractivity contribution in [3.63, 3.8) is 0 Å². The zero-order valence-electron chi connectivity index (χ0n) is 13.7. The first-order valence-corrected chi connectivity index (χ1v) is 7.68. The third kappa shape index (κ3) is 5.09. The maximum Gasteiger partial charge on any atom is 0.338 e. The summed E-state index contributed by atoms with van der Waals surface area (Å²) >= 11 is 5.70. The van der Waals surface area contributed by atoms with Gasteiger partial charge in [0.05, 0.1) is 19.8 Å². The van der Waals surface area contributed by atoms with Crippen LogP contribution in [0.4, 0.5) is 0 Å². The van der Waals surface area contributed by atoms with Crippen LogP contribution in [0.2, 0.25) is 5.15 Å². The fourth-order valence-electron chi connectivity index (χ4n) is 2.08. The normalized spacial score (nSPS) is 10.0. The topological polar surface area (TPSA) is 86.8 Å². The van der Waals surface area contributed by atoms with Crippen LogP contribution in [0.1, 0.15) is 15.9 Å². The van der Waals surface area contributed by atoms with Gasteiger partial charge in [0.15, 0.2) is 18.1 Å². The summed E-state index contributed by atoms with van der Waals surface area (Å²) in [5.74, 6) is 0.000696. The van der Waals surface area contributed by atoms with Crippen LogP contribution < -0.4 is 14.8 Å². The number of nitrogens with zero attached hydrogens (tertiary/aromatic N) is 1. The van der Waals surface area contributed by atoms with E-state index in [2.05, 4.69) is 10.3 Å². The van der Waals surface area contributed by atoms with Crippen molar-refractivity contribution in [1.29, 1.82) is 0 Å². The highest BCUT2D eigenvalue weighted by molar-refractivity contribution is 6.29. The first-order chi connectivity index (χ1) is 12.0. The van der Waals surface area contributed by atoms with Crippen LogP contribution in [0.5, 0.6) is 11.5 Å². The summed E-state index contributed by atoms with van der Waals surface area (Å²) in [6.45, 7) is -0.205. The van der Waals surface area contributed by atoms with E-state index in [1.54, 1.807) is 18.2 Å². The minimum atomic E-state index is -0.654. The molecular weight excluding hydrogens is 348 g/mol. The number of pyridine rings is 1. The highest BCUT2D eigenvalue weighted by atomic mass is 35.5. The standard InChI is InChI=1S/C17H17ClN2O5/c1-23-13-5-3-4-12(16(13)24-2)9-20-15(21)10-25-17(22)11-6-7-19-14(18)8-11/h3-8H,9-10H2,1-2H3,(H,20,21). The van der Waals surface area contributed by atoms with Crippen LogP contribution in [-0.4, -0.2) is 37.7 Å². The molecule has 25 heavy (non-hydrogen) atoms. The van der Waals surface area contributed by atoms with E-state index in [1.807, 2.05) is 0 Å². The summed E-state index contributed by atoms with van der Waals surface area (Å²) < 4.78 is 15.4. The van der Waals surface area contributed by atoms with E-state index in [-0.39, 0.29) is 17.3 Å². The van der Waals surface area contributed by atoms with Crippen LogP contribution in [0.15, 0.2) is 36.5 Å². The second kappa shape index (κ2) is 8.89. The molecule has 0 saturated heterocycles. The smallest absolute Gasteiger partial charge is 0.338 e. The van der Waals surface area contributed by atoms with Crippen molar-refractivity contribution < 1.29 is 23.8 Å². The van der Waals surface area contributed by atoms with Gasteiger partial charge in [-0.2, -0.15) is 0 Å². The van der Waals surface area contributed by atoms with Gasteiger partial charge in [0.25, 0.3) is 5.91 Å². The lowest BCUT2D eigenvalue weighted by atomic mass is 10.2. The van der Waals surface area contributed by atoms with E-state index < -0.39 is 18.5 Å². The Bertz CT molecular complexity index is 766. The molecule has 8 heteroatoms. The Morgan fingerprint density at radius 2 is 2.00 bits per heavy atom. The van der Waals surface area contributed by atoms with E-state index in [9.17, 15) is 9.59 Å². The highest BCUT2D eigenvalue weighted by Crippen LogP contribution is 2.30. The van der Waals surface area contributed by atoms with Crippen LogP contribution in [0.3, 0.4) is 0 Å². The molecule has 0 atom stereocenters. The molecule has 132 valence electrons. The molecule has 0 aliphatic heterocycles. The van der Waals surface area contributed by atoms with E-state index >= 15 is 0 Å². The Labute approximate surface area is 149 Å². The molecule has 1 N–H and O–H groups in total. The molecule has 0 fully saturated rings. The Morgan fingerprint density at radius 3 is 2.68 bits per heavy atom. The number of aromatic nitrogens is 1. The largest absolute Gasteiger partial charge is 0.493 e. The fraction of sp³-hybridized carbons (Fsp3) is 0.235. The first-order valence-electron chi connectivity index (χ1n) is 7.30. The molecule has 1 aromatic heterocycles. The van der Waals surface area contributed by atoms with Gasteiger partial charge in [-0.1, -0.05) is 23.7 Å². The van der Waals surface area contributed by atoms with Crippen LogP contribution >= 0.6 is 11.6 Å². The molecule has 0 aliphatic rings. The summed E-state index contributed by atoms with van der Waals surface area (Å²) in [5, 5.41) is 2.82. The molecular formula is C17H17ClN2O5. The van der Waals surface area contributed by atoms with E-state index in [0.29, 0.717) is 11.5 Å². The monoisotopic (exact) mass is 364 g/mol. The number of carbonyl (C=O) groups excluding carboxylic acids is 2. The maximum absolute atomic E-state index is 11.9. The third-order valence-electron chi connectivity index (χ3n) is 3.26. The predicted octanol–water partition coefficient (Wildman–Crippen LogP) is 2.23. The maximum atomic E-state index is 11.9. The van der Waals surface area contributed by atoms with E-state index in [0.717, 1.165) is 5.56 Å². The van der Waals surface area contributed by atoms with Gasteiger partial charge in [0.1, 0.15) is 5.15 Å². The number of rotatable bonds is 7. The lowest BCUT2D eigenvalue weighted by molar-refractivity contribution is -0.124. The Balaban J connectivity index is 1.88. The molecule has 0 bridgehead atoms. The predicted molar refractivity (Wildman–Crippen MR) is 90.9 cm³/mol. The van der Waals surface area contributed by atoms with Crippen molar-refractivity contribution in [2.45, 2.75) is 6.54 Å². The summed E-state index contributed by atoms with van der Waals surface area (Å²) in [7, 11) is 3.05. The summed E-state index contributed by atoms with van der Waals surface area (Å²) in [6.07, 6.45) is 1.38. The molecule has 0 radical (unpaired) electrons. The lowest BCUT2D eigenvalue weighted by Gasteiger charge is -2.13. The first kappa shape index (κ1) is 18.5. The third-order valence-corrected chi connectivity index (χ3v) is 3.46. The van der Waals surface area contributed by atoms with Crippen LogP contribution in [0, 0.1) is 0 Å². The van der Waals surface area contributed by atoms with Gasteiger partial charge in [-0.3, -0.25) is 4.79 Å². The Kier molecular flexibility index (Phi) is 6.59. The van der Waals surface area contributed by atoms with Crippen molar-refractivity contribution in [2.24, 2.45) is 0 Å². The minimum Gasteiger partial charge on any atom is -0.493 e. The van der Waals surface area contributed by atoms with Gasteiger partial charge < -0.3 is 19.5 Å². The number of halogens is 1. The molecule has 2 rings (SSSR count). The van der Waals surface area contributed by atoms with Crippen molar-refractivity contribution >= 4 is 23.5 Å². The highest BCUT2D eigenvalue weighted by Gasteiger charge is 2.13. The number of ether oxygens (including phenoxy) is 3. The average molecular weight is 365 g/mol. The number of nitrogens with one attached hydrogen (secondary N) is 1. The Hall–Kier alpha value is -2.80.